The summed E-state index contributed by atoms with van der Waals surface area (Å²) in [5, 5.41) is 0.714. The van der Waals surface area contributed by atoms with Crippen LogP contribution < -0.4 is 4.90 Å². The van der Waals surface area contributed by atoms with Crippen molar-refractivity contribution in [3.8, 4) is 0 Å². The molecule has 1 fully saturated rings. The first-order chi connectivity index (χ1) is 7.16. The zero-order valence-electron chi connectivity index (χ0n) is 8.09. The Bertz CT molecular complexity index is 359. The van der Waals surface area contributed by atoms with Gasteiger partial charge in [-0.25, -0.2) is 4.98 Å². The Labute approximate surface area is 111 Å². The number of alkyl halides is 1. The van der Waals surface area contributed by atoms with Crippen LogP contribution in [0, 0.1) is 0 Å². The van der Waals surface area contributed by atoms with Gasteiger partial charge in [0.1, 0.15) is 5.82 Å². The average Bonchev–Trinajstić information content (AvgIpc) is 2.17. The molecule has 0 amide bonds. The summed E-state index contributed by atoms with van der Waals surface area (Å²) in [6.45, 7) is 2.02. The van der Waals surface area contributed by atoms with Crippen molar-refractivity contribution >= 4 is 49.3 Å². The molecule has 2 nitrogen and oxygen atoms in total. The van der Waals surface area contributed by atoms with E-state index >= 15 is 0 Å². The number of anilines is 1. The molecule has 15 heavy (non-hydrogen) atoms. The average molecular weight is 354 g/mol. The highest BCUT2D eigenvalue weighted by Gasteiger charge is 2.20. The van der Waals surface area contributed by atoms with Crippen molar-refractivity contribution in [1.29, 1.82) is 0 Å². The molecule has 2 rings (SSSR count). The first kappa shape index (κ1) is 11.7. The second-order valence-corrected chi connectivity index (χ2v) is 6.26. The molecule has 1 unspecified atom stereocenters. The van der Waals surface area contributed by atoms with Crippen molar-refractivity contribution < 1.29 is 0 Å². The molecule has 1 saturated heterocycles. The molecule has 1 aliphatic rings. The van der Waals surface area contributed by atoms with Gasteiger partial charge in [0.25, 0.3) is 0 Å². The highest BCUT2D eigenvalue weighted by atomic mass is 79.9. The first-order valence-corrected chi connectivity index (χ1v) is 6.95. The van der Waals surface area contributed by atoms with Gasteiger partial charge in [-0.05, 0) is 34.8 Å². The molecule has 82 valence electrons. The summed E-state index contributed by atoms with van der Waals surface area (Å²) in [4.78, 5) is 7.14. The molecule has 0 bridgehead atoms. The van der Waals surface area contributed by atoms with Gasteiger partial charge in [-0.2, -0.15) is 0 Å². The standard InChI is InChI=1S/C10H11Br2ClN2/c11-7-2-1-3-15(6-7)10-9(13)4-8(12)5-14-10/h4-5,7H,1-3,6H2. The van der Waals surface area contributed by atoms with Gasteiger partial charge in [-0.1, -0.05) is 27.5 Å². The van der Waals surface area contributed by atoms with Crippen molar-refractivity contribution in [2.75, 3.05) is 18.0 Å². The van der Waals surface area contributed by atoms with Crippen LogP contribution in [0.15, 0.2) is 16.7 Å². The van der Waals surface area contributed by atoms with Gasteiger partial charge in [0, 0.05) is 28.6 Å². The predicted octanol–water partition coefficient (Wildman–Crippen LogP) is 3.86. The van der Waals surface area contributed by atoms with Crippen LogP contribution in [0.1, 0.15) is 12.8 Å². The maximum atomic E-state index is 6.16. The molecule has 0 aliphatic carbocycles. The minimum absolute atomic E-state index is 0.549. The Morgan fingerprint density at radius 3 is 3.00 bits per heavy atom. The molecular weight excluding hydrogens is 343 g/mol. The Kier molecular flexibility index (Phi) is 3.91. The molecule has 0 radical (unpaired) electrons. The summed E-state index contributed by atoms with van der Waals surface area (Å²) in [6, 6.07) is 1.89. The highest BCUT2D eigenvalue weighted by Crippen LogP contribution is 2.29. The van der Waals surface area contributed by atoms with E-state index in [1.54, 1.807) is 6.20 Å². The monoisotopic (exact) mass is 352 g/mol. The zero-order chi connectivity index (χ0) is 10.8. The number of hydrogen-bond donors (Lipinski definition) is 0. The largest absolute Gasteiger partial charge is 0.354 e. The summed E-state index contributed by atoms with van der Waals surface area (Å²) in [5.41, 5.74) is 0. The van der Waals surface area contributed by atoms with E-state index in [1.807, 2.05) is 6.07 Å². The minimum Gasteiger partial charge on any atom is -0.354 e. The Morgan fingerprint density at radius 2 is 2.33 bits per heavy atom. The van der Waals surface area contributed by atoms with E-state index in [0.717, 1.165) is 23.4 Å². The van der Waals surface area contributed by atoms with Crippen molar-refractivity contribution in [1.82, 2.24) is 4.98 Å². The van der Waals surface area contributed by atoms with E-state index in [4.69, 9.17) is 11.6 Å². The predicted molar refractivity (Wildman–Crippen MR) is 71.1 cm³/mol. The molecule has 1 atom stereocenters. The lowest BCUT2D eigenvalue weighted by atomic mass is 10.1. The zero-order valence-corrected chi connectivity index (χ0v) is 12.0. The van der Waals surface area contributed by atoms with Crippen LogP contribution in [-0.4, -0.2) is 22.9 Å². The van der Waals surface area contributed by atoms with E-state index in [1.165, 1.54) is 12.8 Å². The smallest absolute Gasteiger partial charge is 0.147 e. The molecular formula is C10H11Br2ClN2. The van der Waals surface area contributed by atoms with E-state index in [-0.39, 0.29) is 0 Å². The third-order valence-corrected chi connectivity index (χ3v) is 3.91. The van der Waals surface area contributed by atoms with Crippen LogP contribution >= 0.6 is 43.5 Å². The van der Waals surface area contributed by atoms with Crippen molar-refractivity contribution in [2.45, 2.75) is 17.7 Å². The summed E-state index contributed by atoms with van der Waals surface area (Å²) in [7, 11) is 0. The van der Waals surface area contributed by atoms with Crippen LogP contribution in [0.5, 0.6) is 0 Å². The number of piperidine rings is 1. The number of halogens is 3. The second-order valence-electron chi connectivity index (χ2n) is 3.64. The fraction of sp³-hybridized carbons (Fsp3) is 0.500. The van der Waals surface area contributed by atoms with E-state index < -0.39 is 0 Å². The molecule has 0 saturated carbocycles. The van der Waals surface area contributed by atoms with Crippen LogP contribution in [-0.2, 0) is 0 Å². The van der Waals surface area contributed by atoms with Crippen LogP contribution in [0.4, 0.5) is 5.82 Å². The SMILES string of the molecule is Clc1cc(Br)cnc1N1CCCC(Br)C1. The summed E-state index contributed by atoms with van der Waals surface area (Å²) in [6.07, 6.45) is 4.20. The van der Waals surface area contributed by atoms with Gasteiger partial charge in [0.15, 0.2) is 0 Å². The Hall–Kier alpha value is 0.200. The topological polar surface area (TPSA) is 16.1 Å². The quantitative estimate of drug-likeness (QED) is 0.712. The van der Waals surface area contributed by atoms with Crippen LogP contribution in [0.3, 0.4) is 0 Å². The lowest BCUT2D eigenvalue weighted by Crippen LogP contribution is -2.36. The summed E-state index contributed by atoms with van der Waals surface area (Å²) in [5.74, 6) is 0.893. The molecule has 1 aromatic heterocycles. The van der Waals surface area contributed by atoms with Gasteiger partial charge in [-0.15, -0.1) is 0 Å². The van der Waals surface area contributed by atoms with Crippen LogP contribution in [0.25, 0.3) is 0 Å². The number of rotatable bonds is 1. The Balaban J connectivity index is 2.21. The number of aromatic nitrogens is 1. The van der Waals surface area contributed by atoms with Gasteiger partial charge >= 0.3 is 0 Å². The molecule has 0 aromatic carbocycles. The fourth-order valence-corrected chi connectivity index (χ4v) is 3.18. The van der Waals surface area contributed by atoms with Gasteiger partial charge in [0.2, 0.25) is 0 Å². The fourth-order valence-electron chi connectivity index (χ4n) is 1.76. The molecule has 1 aliphatic heterocycles. The second kappa shape index (κ2) is 5.02. The number of nitrogens with zero attached hydrogens (tertiary/aromatic N) is 2. The molecule has 2 heterocycles. The highest BCUT2D eigenvalue weighted by molar-refractivity contribution is 9.10. The maximum absolute atomic E-state index is 6.16. The van der Waals surface area contributed by atoms with E-state index in [0.29, 0.717) is 9.85 Å². The van der Waals surface area contributed by atoms with Crippen molar-refractivity contribution in [3.05, 3.63) is 21.8 Å². The lowest BCUT2D eigenvalue weighted by Gasteiger charge is -2.31. The molecule has 1 aromatic rings. The van der Waals surface area contributed by atoms with E-state index in [9.17, 15) is 0 Å². The van der Waals surface area contributed by atoms with E-state index in [2.05, 4.69) is 41.7 Å². The minimum atomic E-state index is 0.549. The van der Waals surface area contributed by atoms with Crippen molar-refractivity contribution in [2.24, 2.45) is 0 Å². The van der Waals surface area contributed by atoms with Crippen LogP contribution in [0.2, 0.25) is 5.02 Å². The third-order valence-electron chi connectivity index (χ3n) is 2.45. The first-order valence-electron chi connectivity index (χ1n) is 4.87. The summed E-state index contributed by atoms with van der Waals surface area (Å²) >= 11 is 13.2. The normalized spacial score (nSPS) is 21.8. The number of hydrogen-bond acceptors (Lipinski definition) is 2. The third kappa shape index (κ3) is 2.86. The van der Waals surface area contributed by atoms with Gasteiger partial charge < -0.3 is 4.90 Å². The number of pyridine rings is 1. The molecule has 0 N–H and O–H groups in total. The van der Waals surface area contributed by atoms with Gasteiger partial charge in [-0.3, -0.25) is 0 Å². The maximum Gasteiger partial charge on any atom is 0.147 e. The lowest BCUT2D eigenvalue weighted by molar-refractivity contribution is 0.591. The molecule has 0 spiro atoms. The Morgan fingerprint density at radius 1 is 1.53 bits per heavy atom. The van der Waals surface area contributed by atoms with Gasteiger partial charge in [0.05, 0.1) is 5.02 Å². The van der Waals surface area contributed by atoms with Crippen molar-refractivity contribution in [3.63, 3.8) is 0 Å². The summed E-state index contributed by atoms with van der Waals surface area (Å²) < 4.78 is 0.920. The molecule has 5 heteroatoms.